The van der Waals surface area contributed by atoms with Gasteiger partial charge in [-0.15, -0.1) is 5.10 Å². The minimum Gasteiger partial charge on any atom is -0.497 e. The van der Waals surface area contributed by atoms with Gasteiger partial charge in [0.15, 0.2) is 5.69 Å². The number of methoxy groups -OCH3 is 1. The smallest absolute Gasteiger partial charge is 0.276 e. The van der Waals surface area contributed by atoms with Gasteiger partial charge in [0.1, 0.15) is 11.9 Å². The summed E-state index contributed by atoms with van der Waals surface area (Å²) >= 11 is 0. The van der Waals surface area contributed by atoms with Gasteiger partial charge in [0.05, 0.1) is 26.0 Å². The van der Waals surface area contributed by atoms with Crippen molar-refractivity contribution >= 4 is 17.5 Å². The van der Waals surface area contributed by atoms with E-state index in [0.29, 0.717) is 43.9 Å². The average molecular weight is 490 g/mol. The normalized spacial score (nSPS) is 17.9. The highest BCUT2D eigenvalue weighted by Crippen LogP contribution is 2.29. The van der Waals surface area contributed by atoms with Crippen molar-refractivity contribution in [1.82, 2.24) is 19.9 Å². The van der Waals surface area contributed by atoms with Crippen LogP contribution in [0, 0.1) is 5.92 Å². The number of hydrogen-bond acceptors (Lipinski definition) is 6. The number of nitrogens with one attached hydrogen (secondary N) is 1. The van der Waals surface area contributed by atoms with Crippen LogP contribution in [-0.4, -0.2) is 51.9 Å². The number of fused-ring (bicyclic) bond motifs is 1. The predicted molar refractivity (Wildman–Crippen MR) is 134 cm³/mol. The Balaban J connectivity index is 1.18. The summed E-state index contributed by atoms with van der Waals surface area (Å²) in [5.74, 6) is 0.518. The van der Waals surface area contributed by atoms with E-state index in [1.54, 1.807) is 16.7 Å². The number of likely N-dealkylation sites (tertiary alicyclic amines) is 1. The average Bonchev–Trinajstić information content (AvgIpc) is 3.36. The molecule has 3 aromatic rings. The van der Waals surface area contributed by atoms with E-state index in [1.165, 1.54) is 5.56 Å². The van der Waals surface area contributed by atoms with Gasteiger partial charge in [0, 0.05) is 24.7 Å². The van der Waals surface area contributed by atoms with Crippen LogP contribution in [-0.2, 0) is 29.1 Å². The van der Waals surface area contributed by atoms with Crippen LogP contribution in [0.5, 0.6) is 5.75 Å². The summed E-state index contributed by atoms with van der Waals surface area (Å²) < 4.78 is 13.0. The first kappa shape index (κ1) is 24.0. The van der Waals surface area contributed by atoms with E-state index in [1.807, 2.05) is 48.5 Å². The lowest BCUT2D eigenvalue weighted by Crippen LogP contribution is -2.42. The van der Waals surface area contributed by atoms with Gasteiger partial charge < -0.3 is 19.7 Å². The summed E-state index contributed by atoms with van der Waals surface area (Å²) in [7, 11) is 1.64. The summed E-state index contributed by atoms with van der Waals surface area (Å²) in [5, 5.41) is 11.5. The Kier molecular flexibility index (Phi) is 6.99. The van der Waals surface area contributed by atoms with Crippen LogP contribution in [0.1, 0.15) is 53.2 Å². The van der Waals surface area contributed by atoms with Gasteiger partial charge in [0.2, 0.25) is 5.91 Å². The number of carbonyl (C=O) groups excluding carboxylic acids is 2. The molecule has 9 heteroatoms. The number of nitrogens with zero attached hydrogens (tertiary/aromatic N) is 4. The van der Waals surface area contributed by atoms with Crippen molar-refractivity contribution in [3.63, 3.8) is 0 Å². The quantitative estimate of drug-likeness (QED) is 0.568. The van der Waals surface area contributed by atoms with Crippen molar-refractivity contribution in [3.05, 3.63) is 71.0 Å². The van der Waals surface area contributed by atoms with Crippen LogP contribution in [0.15, 0.2) is 48.5 Å². The first-order chi connectivity index (χ1) is 17.6. The molecule has 1 fully saturated rings. The fourth-order valence-electron chi connectivity index (χ4n) is 4.81. The number of benzene rings is 2. The first-order valence-electron chi connectivity index (χ1n) is 12.4. The van der Waals surface area contributed by atoms with Crippen LogP contribution in [0.3, 0.4) is 0 Å². The second-order valence-electron chi connectivity index (χ2n) is 9.25. The van der Waals surface area contributed by atoms with E-state index in [-0.39, 0.29) is 30.4 Å². The number of amides is 2. The Bertz CT molecular complexity index is 1230. The zero-order valence-electron chi connectivity index (χ0n) is 20.6. The lowest BCUT2D eigenvalue weighted by Gasteiger charge is -2.31. The molecule has 0 saturated carbocycles. The molecule has 1 saturated heterocycles. The molecular formula is C27H31N5O4. The molecular weight excluding hydrogens is 458 g/mol. The Hall–Kier alpha value is -3.72. The summed E-state index contributed by atoms with van der Waals surface area (Å²) in [6, 6.07) is 15.7. The maximum atomic E-state index is 13.2. The SMILES string of the molecule is CCc1cccc(NC(=O)C2CCN(C(=O)c3nnn4c3COC(c3ccc(OC)cc3)C4)CC2)c1. The second-order valence-corrected chi connectivity index (χ2v) is 9.25. The molecule has 1 unspecified atom stereocenters. The number of aromatic nitrogens is 3. The van der Waals surface area contributed by atoms with Gasteiger partial charge in [-0.25, -0.2) is 4.68 Å². The minimum atomic E-state index is -0.166. The molecule has 1 aromatic heterocycles. The van der Waals surface area contributed by atoms with Gasteiger partial charge in [-0.3, -0.25) is 9.59 Å². The molecule has 0 spiro atoms. The molecule has 0 bridgehead atoms. The van der Waals surface area contributed by atoms with E-state index in [4.69, 9.17) is 9.47 Å². The number of rotatable bonds is 6. The predicted octanol–water partition coefficient (Wildman–Crippen LogP) is 3.61. The van der Waals surface area contributed by atoms with Crippen molar-refractivity contribution in [2.45, 2.75) is 45.4 Å². The largest absolute Gasteiger partial charge is 0.497 e. The molecule has 1 atom stereocenters. The van der Waals surface area contributed by atoms with E-state index in [0.717, 1.165) is 23.4 Å². The molecule has 36 heavy (non-hydrogen) atoms. The summed E-state index contributed by atoms with van der Waals surface area (Å²) in [6.07, 6.45) is 1.99. The monoisotopic (exact) mass is 489 g/mol. The molecule has 2 amide bonds. The van der Waals surface area contributed by atoms with Crippen molar-refractivity contribution in [1.29, 1.82) is 0 Å². The molecule has 2 aromatic carbocycles. The number of hydrogen-bond donors (Lipinski definition) is 1. The van der Waals surface area contributed by atoms with Crippen molar-refractivity contribution in [3.8, 4) is 5.75 Å². The molecule has 0 radical (unpaired) electrons. The number of anilines is 1. The molecule has 2 aliphatic rings. The fourth-order valence-corrected chi connectivity index (χ4v) is 4.81. The van der Waals surface area contributed by atoms with Crippen molar-refractivity contribution in [2.75, 3.05) is 25.5 Å². The third-order valence-electron chi connectivity index (χ3n) is 7.04. The summed E-state index contributed by atoms with van der Waals surface area (Å²) in [4.78, 5) is 27.8. The van der Waals surface area contributed by atoms with Gasteiger partial charge in [0.25, 0.3) is 5.91 Å². The standard InChI is InChI=1S/C27H31N5O4/c1-3-18-5-4-6-21(15-18)28-26(33)20-11-13-31(14-12-20)27(34)25-23-17-36-24(16-32(23)30-29-25)19-7-9-22(35-2)10-8-19/h4-10,15,20,24H,3,11-14,16-17H2,1-2H3,(H,28,33). The van der Waals surface area contributed by atoms with E-state index in [9.17, 15) is 9.59 Å². The highest BCUT2D eigenvalue weighted by atomic mass is 16.5. The van der Waals surface area contributed by atoms with Gasteiger partial charge in [-0.05, 0) is 54.7 Å². The van der Waals surface area contributed by atoms with Crippen LogP contribution in [0.4, 0.5) is 5.69 Å². The van der Waals surface area contributed by atoms with E-state index < -0.39 is 0 Å². The topological polar surface area (TPSA) is 98.6 Å². The van der Waals surface area contributed by atoms with Gasteiger partial charge >= 0.3 is 0 Å². The highest BCUT2D eigenvalue weighted by molar-refractivity contribution is 5.94. The highest BCUT2D eigenvalue weighted by Gasteiger charge is 2.33. The van der Waals surface area contributed by atoms with Gasteiger partial charge in [-0.2, -0.15) is 0 Å². The lowest BCUT2D eigenvalue weighted by atomic mass is 9.95. The zero-order valence-corrected chi connectivity index (χ0v) is 20.6. The zero-order chi connectivity index (χ0) is 25.1. The molecule has 1 N–H and O–H groups in total. The molecule has 9 nitrogen and oxygen atoms in total. The Morgan fingerprint density at radius 2 is 1.92 bits per heavy atom. The molecule has 2 aliphatic heterocycles. The number of aryl methyl sites for hydroxylation is 1. The minimum absolute atomic E-state index is 0.00867. The third-order valence-corrected chi connectivity index (χ3v) is 7.04. The lowest BCUT2D eigenvalue weighted by molar-refractivity contribution is -0.121. The first-order valence-corrected chi connectivity index (χ1v) is 12.4. The maximum absolute atomic E-state index is 13.2. The van der Waals surface area contributed by atoms with Crippen LogP contribution < -0.4 is 10.1 Å². The molecule has 0 aliphatic carbocycles. The molecule has 3 heterocycles. The Labute approximate surface area is 210 Å². The Morgan fingerprint density at radius 1 is 1.14 bits per heavy atom. The number of ether oxygens (including phenoxy) is 2. The van der Waals surface area contributed by atoms with Crippen molar-refractivity contribution < 1.29 is 19.1 Å². The maximum Gasteiger partial charge on any atom is 0.276 e. The molecule has 188 valence electrons. The van der Waals surface area contributed by atoms with E-state index in [2.05, 4.69) is 22.6 Å². The van der Waals surface area contributed by atoms with Crippen molar-refractivity contribution in [2.24, 2.45) is 5.92 Å². The summed E-state index contributed by atoms with van der Waals surface area (Å²) in [6.45, 7) is 3.86. The fraction of sp³-hybridized carbons (Fsp3) is 0.407. The molecule has 5 rings (SSSR count). The third kappa shape index (κ3) is 4.97. The van der Waals surface area contributed by atoms with E-state index >= 15 is 0 Å². The van der Waals surface area contributed by atoms with Crippen LogP contribution >= 0.6 is 0 Å². The van der Waals surface area contributed by atoms with Gasteiger partial charge in [-0.1, -0.05) is 36.4 Å². The Morgan fingerprint density at radius 3 is 2.64 bits per heavy atom. The second kappa shape index (κ2) is 10.5. The number of carbonyl (C=O) groups is 2. The number of piperidine rings is 1. The summed E-state index contributed by atoms with van der Waals surface area (Å²) in [5.41, 5.74) is 4.06. The van der Waals surface area contributed by atoms with Crippen LogP contribution in [0.2, 0.25) is 0 Å². The van der Waals surface area contributed by atoms with Crippen LogP contribution in [0.25, 0.3) is 0 Å².